The van der Waals surface area contributed by atoms with E-state index in [1.165, 1.54) is 19.2 Å². The summed E-state index contributed by atoms with van der Waals surface area (Å²) in [6, 6.07) is 12.7. The molecular weight excluding hydrogens is 316 g/mol. The van der Waals surface area contributed by atoms with Gasteiger partial charge in [-0.15, -0.1) is 12.4 Å². The maximum atomic E-state index is 12.5. The zero-order chi connectivity index (χ0) is 15.9. The summed E-state index contributed by atoms with van der Waals surface area (Å²) in [7, 11) is 1.52. The molecule has 0 aliphatic rings. The summed E-state index contributed by atoms with van der Waals surface area (Å²) in [5.74, 6) is -0.211. The Morgan fingerprint density at radius 1 is 1.17 bits per heavy atom. The van der Waals surface area contributed by atoms with E-state index < -0.39 is 0 Å². The first-order chi connectivity index (χ1) is 10.6. The van der Waals surface area contributed by atoms with Crippen molar-refractivity contribution in [2.45, 2.75) is 6.42 Å². The molecule has 0 fully saturated rings. The average Bonchev–Trinajstić information content (AvgIpc) is 2.54. The first kappa shape index (κ1) is 18.9. The van der Waals surface area contributed by atoms with Gasteiger partial charge in [0, 0.05) is 32.7 Å². The van der Waals surface area contributed by atoms with Gasteiger partial charge in [-0.3, -0.25) is 9.59 Å². The molecule has 0 aliphatic carbocycles. The van der Waals surface area contributed by atoms with Gasteiger partial charge in [-0.25, -0.2) is 4.68 Å². The summed E-state index contributed by atoms with van der Waals surface area (Å²) >= 11 is 0. The van der Waals surface area contributed by atoms with Crippen molar-refractivity contribution in [2.75, 3.05) is 19.6 Å². The van der Waals surface area contributed by atoms with Crippen LogP contribution in [0.1, 0.15) is 16.1 Å². The molecule has 0 radical (unpaired) electrons. The van der Waals surface area contributed by atoms with Crippen LogP contribution in [-0.2, 0) is 13.5 Å². The fraction of sp³-hybridized carbons (Fsp3) is 0.312. The van der Waals surface area contributed by atoms with Gasteiger partial charge < -0.3 is 10.6 Å². The molecule has 0 unspecified atom stereocenters. The van der Waals surface area contributed by atoms with Crippen LogP contribution in [0.2, 0.25) is 0 Å². The van der Waals surface area contributed by atoms with E-state index >= 15 is 0 Å². The standard InChI is InChI=1S/C16H20N4O2.ClH/c1-19-15(21)8-7-14(18-19)16(22)20(12-10-17)11-9-13-5-3-2-4-6-13;/h2-8H,9-12,17H2,1H3;1H. The SMILES string of the molecule is Cl.Cn1nc(C(=O)N(CCN)CCc2ccccc2)ccc1=O. The number of carbonyl (C=O) groups excluding carboxylic acids is 1. The summed E-state index contributed by atoms with van der Waals surface area (Å²) in [6.07, 6.45) is 0.748. The van der Waals surface area contributed by atoms with Gasteiger partial charge in [0.15, 0.2) is 0 Å². The third-order valence-corrected chi connectivity index (χ3v) is 3.38. The van der Waals surface area contributed by atoms with Gasteiger partial charge in [-0.1, -0.05) is 30.3 Å². The molecule has 0 aliphatic heterocycles. The molecule has 6 nitrogen and oxygen atoms in total. The van der Waals surface area contributed by atoms with Crippen LogP contribution in [0.4, 0.5) is 0 Å². The Bertz CT molecular complexity index is 688. The maximum Gasteiger partial charge on any atom is 0.274 e. The Labute approximate surface area is 141 Å². The van der Waals surface area contributed by atoms with Gasteiger partial charge in [-0.05, 0) is 18.1 Å². The van der Waals surface area contributed by atoms with E-state index in [9.17, 15) is 9.59 Å². The third kappa shape index (κ3) is 5.19. The van der Waals surface area contributed by atoms with E-state index in [0.717, 1.165) is 16.7 Å². The number of nitrogens with two attached hydrogens (primary N) is 1. The Hall–Kier alpha value is -2.18. The number of amides is 1. The molecule has 23 heavy (non-hydrogen) atoms. The van der Waals surface area contributed by atoms with E-state index in [0.29, 0.717) is 19.6 Å². The van der Waals surface area contributed by atoms with Crippen LogP contribution >= 0.6 is 12.4 Å². The van der Waals surface area contributed by atoms with Crippen molar-refractivity contribution in [3.8, 4) is 0 Å². The molecule has 0 atom stereocenters. The number of carbonyl (C=O) groups is 1. The number of aromatic nitrogens is 2. The minimum Gasteiger partial charge on any atom is -0.336 e. The Balaban J connectivity index is 0.00000264. The highest BCUT2D eigenvalue weighted by Crippen LogP contribution is 2.04. The molecule has 2 aromatic rings. The van der Waals surface area contributed by atoms with Gasteiger partial charge in [-0.2, -0.15) is 5.10 Å². The number of hydrogen-bond donors (Lipinski definition) is 1. The minimum atomic E-state index is -0.244. The van der Waals surface area contributed by atoms with Gasteiger partial charge in [0.1, 0.15) is 5.69 Å². The molecule has 124 valence electrons. The molecule has 0 spiro atoms. The van der Waals surface area contributed by atoms with Crippen molar-refractivity contribution >= 4 is 18.3 Å². The summed E-state index contributed by atoms with van der Waals surface area (Å²) in [5.41, 5.74) is 6.77. The second-order valence-corrected chi connectivity index (χ2v) is 5.00. The molecule has 1 aromatic carbocycles. The highest BCUT2D eigenvalue weighted by Gasteiger charge is 2.17. The highest BCUT2D eigenvalue weighted by atomic mass is 35.5. The van der Waals surface area contributed by atoms with E-state index in [4.69, 9.17) is 5.73 Å². The van der Waals surface area contributed by atoms with E-state index in [-0.39, 0.29) is 29.6 Å². The second kappa shape index (κ2) is 9.07. The molecule has 7 heteroatoms. The Kier molecular flexibility index (Phi) is 7.44. The third-order valence-electron chi connectivity index (χ3n) is 3.38. The number of nitrogens with zero attached hydrogens (tertiary/aromatic N) is 3. The van der Waals surface area contributed by atoms with Gasteiger partial charge >= 0.3 is 0 Å². The van der Waals surface area contributed by atoms with E-state index in [1.54, 1.807) is 4.90 Å². The normalized spacial score (nSPS) is 10.0. The molecule has 1 heterocycles. The smallest absolute Gasteiger partial charge is 0.274 e. The van der Waals surface area contributed by atoms with Crippen LogP contribution in [0.3, 0.4) is 0 Å². The number of benzene rings is 1. The van der Waals surface area contributed by atoms with Crippen LogP contribution in [-0.4, -0.2) is 40.2 Å². The predicted molar refractivity (Wildman–Crippen MR) is 91.8 cm³/mol. The zero-order valence-electron chi connectivity index (χ0n) is 13.0. The molecule has 1 amide bonds. The average molecular weight is 337 g/mol. The Morgan fingerprint density at radius 2 is 1.87 bits per heavy atom. The molecule has 0 saturated carbocycles. The quantitative estimate of drug-likeness (QED) is 0.847. The van der Waals surface area contributed by atoms with Crippen molar-refractivity contribution < 1.29 is 4.79 Å². The lowest BCUT2D eigenvalue weighted by atomic mass is 10.1. The first-order valence-corrected chi connectivity index (χ1v) is 7.19. The maximum absolute atomic E-state index is 12.5. The molecule has 2 N–H and O–H groups in total. The van der Waals surface area contributed by atoms with Gasteiger partial charge in [0.2, 0.25) is 0 Å². The molecule has 0 saturated heterocycles. The first-order valence-electron chi connectivity index (χ1n) is 7.19. The number of halogens is 1. The van der Waals surface area contributed by atoms with Crippen LogP contribution in [0, 0.1) is 0 Å². The monoisotopic (exact) mass is 336 g/mol. The number of rotatable bonds is 6. The summed E-state index contributed by atoms with van der Waals surface area (Å²) in [5, 5.41) is 4.00. The van der Waals surface area contributed by atoms with E-state index in [1.807, 2.05) is 30.3 Å². The molecule has 2 rings (SSSR count). The zero-order valence-corrected chi connectivity index (χ0v) is 13.8. The topological polar surface area (TPSA) is 81.2 Å². The van der Waals surface area contributed by atoms with Crippen molar-refractivity contribution in [3.05, 3.63) is 64.1 Å². The lowest BCUT2D eigenvalue weighted by molar-refractivity contribution is 0.0753. The van der Waals surface area contributed by atoms with Crippen LogP contribution in [0.5, 0.6) is 0 Å². The number of hydrogen-bond acceptors (Lipinski definition) is 4. The van der Waals surface area contributed by atoms with Crippen molar-refractivity contribution in [2.24, 2.45) is 12.8 Å². The molecule has 1 aromatic heterocycles. The van der Waals surface area contributed by atoms with Crippen LogP contribution in [0.25, 0.3) is 0 Å². The molecular formula is C16H21ClN4O2. The van der Waals surface area contributed by atoms with Gasteiger partial charge in [0.05, 0.1) is 0 Å². The predicted octanol–water partition coefficient (Wildman–Crippen LogP) is 0.846. The van der Waals surface area contributed by atoms with Crippen molar-refractivity contribution in [1.82, 2.24) is 14.7 Å². The van der Waals surface area contributed by atoms with Crippen molar-refractivity contribution in [3.63, 3.8) is 0 Å². The summed E-state index contributed by atoms with van der Waals surface area (Å²) < 4.78 is 1.16. The summed E-state index contributed by atoms with van der Waals surface area (Å²) in [6.45, 7) is 1.40. The van der Waals surface area contributed by atoms with Crippen LogP contribution in [0.15, 0.2) is 47.3 Å². The van der Waals surface area contributed by atoms with Crippen molar-refractivity contribution in [1.29, 1.82) is 0 Å². The minimum absolute atomic E-state index is 0. The number of aryl methyl sites for hydroxylation is 1. The fourth-order valence-corrected chi connectivity index (χ4v) is 2.16. The lowest BCUT2D eigenvalue weighted by Gasteiger charge is -2.21. The second-order valence-electron chi connectivity index (χ2n) is 5.00. The van der Waals surface area contributed by atoms with Gasteiger partial charge in [0.25, 0.3) is 11.5 Å². The lowest BCUT2D eigenvalue weighted by Crippen LogP contribution is -2.38. The Morgan fingerprint density at radius 3 is 2.48 bits per heavy atom. The van der Waals surface area contributed by atoms with Crippen LogP contribution < -0.4 is 11.3 Å². The fourth-order valence-electron chi connectivity index (χ4n) is 2.16. The van der Waals surface area contributed by atoms with E-state index in [2.05, 4.69) is 5.10 Å². The highest BCUT2D eigenvalue weighted by molar-refractivity contribution is 5.92. The largest absolute Gasteiger partial charge is 0.336 e. The molecule has 0 bridgehead atoms. The summed E-state index contributed by atoms with van der Waals surface area (Å²) in [4.78, 5) is 25.5.